The number of nitrogens with two attached hydrogens (primary N) is 1. The highest BCUT2D eigenvalue weighted by Gasteiger charge is 2.39. The first-order valence-corrected chi connectivity index (χ1v) is 6.46. The number of halogens is 2. The lowest BCUT2D eigenvalue weighted by Crippen LogP contribution is -2.44. The predicted octanol–water partition coefficient (Wildman–Crippen LogP) is 2.98. The minimum atomic E-state index is -0.496. The summed E-state index contributed by atoms with van der Waals surface area (Å²) in [6.07, 6.45) is 2.74. The molecular formula is C12H11BrFN3O. The zero-order valence-electron chi connectivity index (χ0n) is 9.49. The van der Waals surface area contributed by atoms with Crippen molar-refractivity contribution in [2.45, 2.75) is 24.8 Å². The fraction of sp³-hybridized carbons (Fsp3) is 0.333. The standard InChI is InChI=1S/C12H11BrFN3O/c13-7-2-3-9(14)8(6-7)10-16-11(17-18-10)12(15)4-1-5-12/h2-3,6H,1,4-5,15H2. The van der Waals surface area contributed by atoms with Crippen LogP contribution in [0.3, 0.4) is 0 Å². The minimum absolute atomic E-state index is 0.167. The third-order valence-corrected chi connectivity index (χ3v) is 3.77. The highest BCUT2D eigenvalue weighted by Crippen LogP contribution is 2.38. The predicted molar refractivity (Wildman–Crippen MR) is 67.1 cm³/mol. The highest BCUT2D eigenvalue weighted by molar-refractivity contribution is 9.10. The minimum Gasteiger partial charge on any atom is -0.334 e. The van der Waals surface area contributed by atoms with Gasteiger partial charge in [0.2, 0.25) is 0 Å². The molecule has 0 saturated heterocycles. The summed E-state index contributed by atoms with van der Waals surface area (Å²) in [7, 11) is 0. The number of nitrogens with zero attached hydrogens (tertiary/aromatic N) is 2. The van der Waals surface area contributed by atoms with Crippen LogP contribution in [0.15, 0.2) is 27.2 Å². The zero-order valence-corrected chi connectivity index (χ0v) is 11.1. The molecule has 0 spiro atoms. The summed E-state index contributed by atoms with van der Waals surface area (Å²) in [4.78, 5) is 4.21. The molecule has 0 bridgehead atoms. The van der Waals surface area contributed by atoms with Crippen LogP contribution >= 0.6 is 15.9 Å². The van der Waals surface area contributed by atoms with Gasteiger partial charge in [-0.15, -0.1) is 0 Å². The van der Waals surface area contributed by atoms with Crippen LogP contribution in [0.1, 0.15) is 25.1 Å². The molecule has 0 aliphatic heterocycles. The summed E-state index contributed by atoms with van der Waals surface area (Å²) in [6.45, 7) is 0. The average molecular weight is 312 g/mol. The van der Waals surface area contributed by atoms with Crippen molar-refractivity contribution < 1.29 is 8.91 Å². The van der Waals surface area contributed by atoms with Gasteiger partial charge in [0.05, 0.1) is 11.1 Å². The molecule has 1 heterocycles. The van der Waals surface area contributed by atoms with E-state index in [-0.39, 0.29) is 11.5 Å². The molecule has 2 aromatic rings. The molecule has 1 fully saturated rings. The summed E-state index contributed by atoms with van der Waals surface area (Å²) < 4.78 is 19.5. The molecule has 94 valence electrons. The van der Waals surface area contributed by atoms with Crippen molar-refractivity contribution in [3.8, 4) is 11.5 Å². The van der Waals surface area contributed by atoms with Crippen molar-refractivity contribution in [1.82, 2.24) is 10.1 Å². The normalized spacial score (nSPS) is 17.5. The quantitative estimate of drug-likeness (QED) is 0.926. The van der Waals surface area contributed by atoms with Crippen molar-refractivity contribution in [3.05, 3.63) is 34.3 Å². The number of hydrogen-bond donors (Lipinski definition) is 1. The van der Waals surface area contributed by atoms with Crippen molar-refractivity contribution in [3.63, 3.8) is 0 Å². The third-order valence-electron chi connectivity index (χ3n) is 3.28. The lowest BCUT2D eigenvalue weighted by molar-refractivity contribution is 0.229. The second kappa shape index (κ2) is 4.13. The molecule has 0 unspecified atom stereocenters. The molecule has 6 heteroatoms. The first-order valence-electron chi connectivity index (χ1n) is 5.67. The summed E-state index contributed by atoms with van der Waals surface area (Å²) >= 11 is 3.28. The van der Waals surface area contributed by atoms with E-state index in [1.165, 1.54) is 6.07 Å². The topological polar surface area (TPSA) is 64.9 Å². The van der Waals surface area contributed by atoms with E-state index in [1.54, 1.807) is 12.1 Å². The van der Waals surface area contributed by atoms with Crippen LogP contribution in [0.2, 0.25) is 0 Å². The van der Waals surface area contributed by atoms with Crippen LogP contribution in [-0.2, 0) is 5.54 Å². The number of rotatable bonds is 2. The smallest absolute Gasteiger partial charge is 0.261 e. The first kappa shape index (κ1) is 11.8. The van der Waals surface area contributed by atoms with Gasteiger partial charge in [-0.25, -0.2) is 4.39 Å². The maximum absolute atomic E-state index is 13.7. The molecule has 1 aliphatic rings. The van der Waals surface area contributed by atoms with E-state index in [1.807, 2.05) is 0 Å². The van der Waals surface area contributed by atoms with Gasteiger partial charge in [-0.3, -0.25) is 0 Å². The molecule has 1 aliphatic carbocycles. The summed E-state index contributed by atoms with van der Waals surface area (Å²) in [5, 5.41) is 3.86. The van der Waals surface area contributed by atoms with Crippen LogP contribution in [0.4, 0.5) is 4.39 Å². The van der Waals surface area contributed by atoms with Crippen molar-refractivity contribution in [2.24, 2.45) is 5.73 Å². The van der Waals surface area contributed by atoms with Crippen LogP contribution in [0, 0.1) is 5.82 Å². The number of benzene rings is 1. The largest absolute Gasteiger partial charge is 0.334 e. The Morgan fingerprint density at radius 2 is 2.17 bits per heavy atom. The summed E-state index contributed by atoms with van der Waals surface area (Å²) in [6, 6.07) is 4.58. The van der Waals surface area contributed by atoms with Crippen LogP contribution in [0.25, 0.3) is 11.5 Å². The molecule has 1 saturated carbocycles. The van der Waals surface area contributed by atoms with Gasteiger partial charge in [0.15, 0.2) is 5.82 Å². The Balaban J connectivity index is 2.00. The molecular weight excluding hydrogens is 301 g/mol. The van der Waals surface area contributed by atoms with Crippen LogP contribution in [-0.4, -0.2) is 10.1 Å². The first-order chi connectivity index (χ1) is 8.58. The van der Waals surface area contributed by atoms with Gasteiger partial charge < -0.3 is 10.3 Å². The van der Waals surface area contributed by atoms with Gasteiger partial charge in [0, 0.05) is 4.47 Å². The van der Waals surface area contributed by atoms with Crippen molar-refractivity contribution >= 4 is 15.9 Å². The van der Waals surface area contributed by atoms with Gasteiger partial charge in [-0.05, 0) is 37.5 Å². The molecule has 18 heavy (non-hydrogen) atoms. The summed E-state index contributed by atoms with van der Waals surface area (Å²) in [5.41, 5.74) is 5.88. The third kappa shape index (κ3) is 1.85. The highest BCUT2D eigenvalue weighted by atomic mass is 79.9. The Morgan fingerprint density at radius 3 is 2.83 bits per heavy atom. The molecule has 0 amide bonds. The second-order valence-corrected chi connectivity index (χ2v) is 5.47. The molecule has 1 aromatic carbocycles. The van der Waals surface area contributed by atoms with E-state index < -0.39 is 11.4 Å². The van der Waals surface area contributed by atoms with Crippen molar-refractivity contribution in [2.75, 3.05) is 0 Å². The molecule has 3 rings (SSSR count). The van der Waals surface area contributed by atoms with E-state index >= 15 is 0 Å². The van der Waals surface area contributed by atoms with E-state index in [4.69, 9.17) is 10.3 Å². The molecule has 0 radical (unpaired) electrons. The average Bonchev–Trinajstić information content (AvgIpc) is 2.79. The van der Waals surface area contributed by atoms with Gasteiger partial charge in [0.1, 0.15) is 5.82 Å². The Hall–Kier alpha value is -1.27. The van der Waals surface area contributed by atoms with E-state index in [0.717, 1.165) is 23.7 Å². The number of aromatic nitrogens is 2. The number of hydrogen-bond acceptors (Lipinski definition) is 4. The maximum Gasteiger partial charge on any atom is 0.261 e. The van der Waals surface area contributed by atoms with Crippen LogP contribution in [0.5, 0.6) is 0 Å². The monoisotopic (exact) mass is 311 g/mol. The fourth-order valence-electron chi connectivity index (χ4n) is 1.98. The van der Waals surface area contributed by atoms with E-state index in [9.17, 15) is 4.39 Å². The molecule has 0 atom stereocenters. The second-order valence-electron chi connectivity index (χ2n) is 4.56. The molecule has 1 aromatic heterocycles. The van der Waals surface area contributed by atoms with Gasteiger partial charge in [0.25, 0.3) is 5.89 Å². The van der Waals surface area contributed by atoms with Crippen LogP contribution < -0.4 is 5.73 Å². The van der Waals surface area contributed by atoms with Gasteiger partial charge >= 0.3 is 0 Å². The lowest BCUT2D eigenvalue weighted by Gasteiger charge is -2.34. The van der Waals surface area contributed by atoms with Gasteiger partial charge in [-0.1, -0.05) is 21.1 Å². The Morgan fingerprint density at radius 1 is 1.39 bits per heavy atom. The van der Waals surface area contributed by atoms with Crippen molar-refractivity contribution in [1.29, 1.82) is 0 Å². The Labute approximate surface area is 112 Å². The fourth-order valence-corrected chi connectivity index (χ4v) is 2.34. The molecule has 4 nitrogen and oxygen atoms in total. The van der Waals surface area contributed by atoms with E-state index in [0.29, 0.717) is 5.82 Å². The summed E-state index contributed by atoms with van der Waals surface area (Å²) in [5.74, 6) is 0.233. The van der Waals surface area contributed by atoms with E-state index in [2.05, 4.69) is 26.1 Å². The zero-order chi connectivity index (χ0) is 12.8. The lowest BCUT2D eigenvalue weighted by atomic mass is 9.77. The Bertz CT molecular complexity index is 595. The SMILES string of the molecule is NC1(c2noc(-c3cc(Br)ccc3F)n2)CCC1. The van der Waals surface area contributed by atoms with Gasteiger partial charge in [-0.2, -0.15) is 4.98 Å². The maximum atomic E-state index is 13.7. The molecule has 2 N–H and O–H groups in total. The Kier molecular flexibility index (Phi) is 2.71.